The molecule has 0 amide bonds. The average Bonchev–Trinajstić information content (AvgIpc) is 2.84. The molecular formula is C15H8Cl2N2O2. The molecule has 0 N–H and O–H groups in total. The van der Waals surface area contributed by atoms with Gasteiger partial charge in [0.25, 0.3) is 0 Å². The molecule has 0 aliphatic carbocycles. The van der Waals surface area contributed by atoms with Gasteiger partial charge in [-0.25, -0.2) is 4.98 Å². The Labute approximate surface area is 130 Å². The highest BCUT2D eigenvalue weighted by Crippen LogP contribution is 2.33. The Morgan fingerprint density at radius 2 is 2.10 bits per heavy atom. The van der Waals surface area contributed by atoms with E-state index in [9.17, 15) is 0 Å². The van der Waals surface area contributed by atoms with E-state index < -0.39 is 0 Å². The largest absolute Gasteiger partial charge is 0.483 e. The van der Waals surface area contributed by atoms with E-state index in [2.05, 4.69) is 4.98 Å². The van der Waals surface area contributed by atoms with Crippen LogP contribution in [-0.4, -0.2) is 4.98 Å². The number of aromatic nitrogens is 1. The van der Waals surface area contributed by atoms with Crippen molar-refractivity contribution in [3.8, 4) is 11.8 Å². The Kier molecular flexibility index (Phi) is 3.70. The third-order valence-corrected chi connectivity index (χ3v) is 3.48. The van der Waals surface area contributed by atoms with E-state index in [0.717, 1.165) is 5.39 Å². The SMILES string of the molecule is N#Cc1oc2ccccc2c1OCc1cnc(Cl)cc1Cl. The van der Waals surface area contributed by atoms with Crippen molar-refractivity contribution in [2.24, 2.45) is 0 Å². The molecular weight excluding hydrogens is 311 g/mol. The maximum absolute atomic E-state index is 9.13. The Balaban J connectivity index is 1.93. The molecule has 2 aromatic heterocycles. The molecule has 0 unspecified atom stereocenters. The smallest absolute Gasteiger partial charge is 0.246 e. The van der Waals surface area contributed by atoms with Gasteiger partial charge >= 0.3 is 0 Å². The molecule has 0 aliphatic heterocycles. The second kappa shape index (κ2) is 5.65. The first-order valence-corrected chi connectivity index (χ1v) is 6.79. The zero-order valence-electron chi connectivity index (χ0n) is 10.6. The molecule has 0 spiro atoms. The average molecular weight is 319 g/mol. The first-order chi connectivity index (χ1) is 10.2. The number of benzene rings is 1. The fourth-order valence-electron chi connectivity index (χ4n) is 1.93. The van der Waals surface area contributed by atoms with E-state index in [1.807, 2.05) is 24.3 Å². The molecule has 0 radical (unpaired) electrons. The molecule has 104 valence electrons. The summed E-state index contributed by atoms with van der Waals surface area (Å²) < 4.78 is 11.1. The van der Waals surface area contributed by atoms with Crippen molar-refractivity contribution in [1.82, 2.24) is 4.98 Å². The number of ether oxygens (including phenoxy) is 1. The van der Waals surface area contributed by atoms with Crippen molar-refractivity contribution in [2.75, 3.05) is 0 Å². The lowest BCUT2D eigenvalue weighted by molar-refractivity contribution is 0.303. The van der Waals surface area contributed by atoms with E-state index >= 15 is 0 Å². The van der Waals surface area contributed by atoms with Crippen molar-refractivity contribution in [3.05, 3.63) is 58.0 Å². The predicted molar refractivity (Wildman–Crippen MR) is 79.5 cm³/mol. The number of fused-ring (bicyclic) bond motifs is 1. The fourth-order valence-corrected chi connectivity index (χ4v) is 2.35. The topological polar surface area (TPSA) is 59.0 Å². The van der Waals surface area contributed by atoms with Gasteiger partial charge in [-0.05, 0) is 18.2 Å². The van der Waals surface area contributed by atoms with E-state index in [-0.39, 0.29) is 12.4 Å². The second-order valence-corrected chi connectivity index (χ2v) is 5.05. The number of para-hydroxylation sites is 1. The summed E-state index contributed by atoms with van der Waals surface area (Å²) in [6.45, 7) is 0.168. The number of furan rings is 1. The van der Waals surface area contributed by atoms with Gasteiger partial charge in [0, 0.05) is 11.8 Å². The standard InChI is InChI=1S/C15H8Cl2N2O2/c16-11-5-14(17)19-7-9(11)8-20-15-10-3-1-2-4-12(10)21-13(15)6-18/h1-5,7H,8H2. The summed E-state index contributed by atoms with van der Waals surface area (Å²) in [5.74, 6) is 0.536. The molecule has 2 heterocycles. The second-order valence-electron chi connectivity index (χ2n) is 4.26. The van der Waals surface area contributed by atoms with Crippen molar-refractivity contribution < 1.29 is 9.15 Å². The number of halogens is 2. The quantitative estimate of drug-likeness (QED) is 0.663. The number of rotatable bonds is 3. The summed E-state index contributed by atoms with van der Waals surface area (Å²) in [5.41, 5.74) is 1.28. The van der Waals surface area contributed by atoms with Gasteiger partial charge in [-0.2, -0.15) is 5.26 Å². The minimum atomic E-state index is 0.134. The maximum atomic E-state index is 9.13. The number of hydrogen-bond acceptors (Lipinski definition) is 4. The Morgan fingerprint density at radius 1 is 1.29 bits per heavy atom. The highest BCUT2D eigenvalue weighted by molar-refractivity contribution is 6.34. The minimum absolute atomic E-state index is 0.134. The van der Waals surface area contributed by atoms with Crippen LogP contribution in [0.2, 0.25) is 10.2 Å². The zero-order valence-corrected chi connectivity index (χ0v) is 12.1. The van der Waals surface area contributed by atoms with Crippen LogP contribution in [0.25, 0.3) is 11.0 Å². The van der Waals surface area contributed by atoms with Crippen molar-refractivity contribution in [3.63, 3.8) is 0 Å². The highest BCUT2D eigenvalue weighted by Gasteiger charge is 2.15. The minimum Gasteiger partial charge on any atom is -0.483 e. The van der Waals surface area contributed by atoms with E-state index in [1.54, 1.807) is 18.3 Å². The summed E-state index contributed by atoms with van der Waals surface area (Å²) in [5, 5.41) is 10.6. The molecule has 6 heteroatoms. The van der Waals surface area contributed by atoms with Crippen molar-refractivity contribution >= 4 is 34.2 Å². The van der Waals surface area contributed by atoms with Crippen LogP contribution < -0.4 is 4.74 Å². The summed E-state index contributed by atoms with van der Waals surface area (Å²) in [6, 6.07) is 10.8. The molecule has 21 heavy (non-hydrogen) atoms. The normalized spacial score (nSPS) is 10.5. The lowest BCUT2D eigenvalue weighted by Crippen LogP contribution is -1.98. The van der Waals surface area contributed by atoms with Crippen LogP contribution in [0.4, 0.5) is 0 Å². The molecule has 1 aromatic carbocycles. The van der Waals surface area contributed by atoms with Crippen LogP contribution in [0, 0.1) is 11.3 Å². The van der Waals surface area contributed by atoms with Crippen LogP contribution in [0.5, 0.6) is 5.75 Å². The molecule has 0 saturated heterocycles. The predicted octanol–water partition coefficient (Wildman–Crippen LogP) is 4.59. The molecule has 0 saturated carbocycles. The summed E-state index contributed by atoms with van der Waals surface area (Å²) in [4.78, 5) is 3.96. The van der Waals surface area contributed by atoms with Gasteiger partial charge in [0.05, 0.1) is 10.4 Å². The summed E-state index contributed by atoms with van der Waals surface area (Å²) in [6.07, 6.45) is 1.54. The van der Waals surface area contributed by atoms with Gasteiger partial charge in [0.15, 0.2) is 5.75 Å². The molecule has 0 fully saturated rings. The lowest BCUT2D eigenvalue weighted by atomic mass is 10.2. The van der Waals surface area contributed by atoms with Gasteiger partial charge in [0.1, 0.15) is 23.4 Å². The van der Waals surface area contributed by atoms with Gasteiger partial charge < -0.3 is 9.15 Å². The molecule has 4 nitrogen and oxygen atoms in total. The van der Waals surface area contributed by atoms with Crippen LogP contribution in [-0.2, 0) is 6.61 Å². The Hall–Kier alpha value is -2.22. The summed E-state index contributed by atoms with van der Waals surface area (Å²) in [7, 11) is 0. The third-order valence-electron chi connectivity index (χ3n) is 2.92. The van der Waals surface area contributed by atoms with Gasteiger partial charge in [-0.1, -0.05) is 35.3 Å². The van der Waals surface area contributed by atoms with Crippen LogP contribution in [0.15, 0.2) is 40.9 Å². The van der Waals surface area contributed by atoms with E-state index in [1.165, 1.54) is 0 Å². The van der Waals surface area contributed by atoms with Crippen LogP contribution in [0.3, 0.4) is 0 Å². The third kappa shape index (κ3) is 2.66. The maximum Gasteiger partial charge on any atom is 0.246 e. The number of nitrogens with zero attached hydrogens (tertiary/aromatic N) is 2. The molecule has 0 atom stereocenters. The zero-order chi connectivity index (χ0) is 14.8. The number of hydrogen-bond donors (Lipinski definition) is 0. The van der Waals surface area contributed by atoms with E-state index in [0.29, 0.717) is 27.1 Å². The Morgan fingerprint density at radius 3 is 2.86 bits per heavy atom. The van der Waals surface area contributed by atoms with Crippen LogP contribution >= 0.6 is 23.2 Å². The van der Waals surface area contributed by atoms with Gasteiger partial charge in [0.2, 0.25) is 5.76 Å². The first-order valence-electron chi connectivity index (χ1n) is 6.03. The number of nitriles is 1. The lowest BCUT2D eigenvalue weighted by Gasteiger charge is -2.06. The molecule has 0 bridgehead atoms. The molecule has 3 aromatic rings. The monoisotopic (exact) mass is 318 g/mol. The molecule has 0 aliphatic rings. The van der Waals surface area contributed by atoms with Crippen LogP contribution in [0.1, 0.15) is 11.3 Å². The first kappa shape index (κ1) is 13.7. The molecule has 3 rings (SSSR count). The summed E-state index contributed by atoms with van der Waals surface area (Å²) >= 11 is 11.8. The van der Waals surface area contributed by atoms with Crippen molar-refractivity contribution in [2.45, 2.75) is 6.61 Å². The van der Waals surface area contributed by atoms with E-state index in [4.69, 9.17) is 37.6 Å². The van der Waals surface area contributed by atoms with Crippen molar-refractivity contribution in [1.29, 1.82) is 5.26 Å². The Bertz CT molecular complexity index is 852. The van der Waals surface area contributed by atoms with Gasteiger partial charge in [-0.15, -0.1) is 0 Å². The number of pyridine rings is 1. The highest BCUT2D eigenvalue weighted by atomic mass is 35.5. The van der Waals surface area contributed by atoms with Gasteiger partial charge in [-0.3, -0.25) is 0 Å². The fraction of sp³-hybridized carbons (Fsp3) is 0.0667.